The van der Waals surface area contributed by atoms with Crippen LogP contribution in [0.2, 0.25) is 0 Å². The molecule has 1 amide bonds. The molecule has 5 rings (SSSR count). The molecular weight excluding hydrogens is 1020 g/mol. The summed E-state index contributed by atoms with van der Waals surface area (Å²) in [6, 6.07) is 18.6. The van der Waals surface area contributed by atoms with E-state index in [0.717, 1.165) is 11.3 Å². The van der Waals surface area contributed by atoms with Gasteiger partial charge in [-0.1, -0.05) is 31.2 Å². The van der Waals surface area contributed by atoms with E-state index in [0.29, 0.717) is 30.2 Å². The monoisotopic (exact) mass is 1120 g/mol. The number of ether oxygens (including phenoxy) is 7. The Kier molecular flexibility index (Phi) is 23.8. The van der Waals surface area contributed by atoms with Gasteiger partial charge in [-0.2, -0.15) is 0 Å². The van der Waals surface area contributed by atoms with Crippen LogP contribution < -0.4 is 25.4 Å². The lowest BCUT2D eigenvalue weighted by molar-refractivity contribution is -0.271. The fourth-order valence-corrected chi connectivity index (χ4v) is 7.38. The number of aliphatic hydroxyl groups excluding tert-OH is 5. The highest BCUT2D eigenvalue weighted by atomic mass is 16.7. The lowest BCUT2D eigenvalue weighted by atomic mass is 9.90. The van der Waals surface area contributed by atoms with Gasteiger partial charge in [0.1, 0.15) is 35.9 Å². The summed E-state index contributed by atoms with van der Waals surface area (Å²) in [7, 11) is 0. The predicted octanol–water partition coefficient (Wildman–Crippen LogP) is 7.77. The summed E-state index contributed by atoms with van der Waals surface area (Å²) in [6.45, 7) is 38.6. The van der Waals surface area contributed by atoms with Gasteiger partial charge in [0.15, 0.2) is 12.2 Å². The van der Waals surface area contributed by atoms with Crippen LogP contribution in [0.5, 0.6) is 11.5 Å². The van der Waals surface area contributed by atoms with Crippen LogP contribution >= 0.6 is 0 Å². The Morgan fingerprint density at radius 2 is 0.886 bits per heavy atom. The summed E-state index contributed by atoms with van der Waals surface area (Å²) in [6.07, 6.45) is -14.1. The van der Waals surface area contributed by atoms with Crippen molar-refractivity contribution in [3.05, 3.63) is 82.9 Å². The van der Waals surface area contributed by atoms with E-state index in [9.17, 15) is 50.1 Å². The molecule has 2 saturated heterocycles. The summed E-state index contributed by atoms with van der Waals surface area (Å²) in [5.41, 5.74) is 3.26. The van der Waals surface area contributed by atoms with E-state index < -0.39 is 90.2 Å². The molecule has 446 valence electrons. The normalized spacial score (nSPS) is 23.9. The van der Waals surface area contributed by atoms with Crippen LogP contribution in [0, 0.1) is 5.92 Å². The molecule has 10 N–H and O–H groups in total. The van der Waals surface area contributed by atoms with Crippen molar-refractivity contribution in [1.29, 1.82) is 0 Å². The second-order valence-electron chi connectivity index (χ2n) is 26.1. The van der Waals surface area contributed by atoms with Gasteiger partial charge in [-0.3, -0.25) is 4.79 Å². The molecule has 3 aromatic carbocycles. The van der Waals surface area contributed by atoms with Crippen LogP contribution in [0.25, 0.3) is 0 Å². The highest BCUT2D eigenvalue weighted by Gasteiger charge is 2.49. The maximum absolute atomic E-state index is 12.9. The Bertz CT molecular complexity index is 2430. The highest BCUT2D eigenvalue weighted by Crippen LogP contribution is 2.35. The van der Waals surface area contributed by atoms with Crippen molar-refractivity contribution in [2.75, 3.05) is 10.6 Å². The van der Waals surface area contributed by atoms with Gasteiger partial charge in [0.2, 0.25) is 12.6 Å². The van der Waals surface area contributed by atoms with E-state index in [1.54, 1.807) is 45.9 Å². The van der Waals surface area contributed by atoms with E-state index in [1.165, 1.54) is 11.6 Å². The summed E-state index contributed by atoms with van der Waals surface area (Å²) < 4.78 is 39.4. The molecule has 0 spiro atoms. The third kappa shape index (κ3) is 23.9. The molecule has 0 aromatic heterocycles. The Hall–Kier alpha value is -5.13. The number of hydrogen-bond acceptors (Lipinski definition) is 17. The Morgan fingerprint density at radius 3 is 1.33 bits per heavy atom. The minimum absolute atomic E-state index is 0.00281. The van der Waals surface area contributed by atoms with Gasteiger partial charge in [0.25, 0.3) is 5.91 Å². The first kappa shape index (κ1) is 68.1. The molecule has 10 atom stereocenters. The number of benzene rings is 3. The van der Waals surface area contributed by atoms with Crippen LogP contribution in [-0.4, -0.2) is 142 Å². The zero-order chi connectivity index (χ0) is 60.4. The highest BCUT2D eigenvalue weighted by molar-refractivity contribution is 5.97. The molecule has 0 aliphatic carbocycles. The van der Waals surface area contributed by atoms with Crippen molar-refractivity contribution in [1.82, 2.24) is 5.32 Å². The first-order valence-corrected chi connectivity index (χ1v) is 26.6. The number of amides is 1. The number of anilines is 2. The summed E-state index contributed by atoms with van der Waals surface area (Å²) in [5.74, 6) is -3.63. The molecule has 20 heteroatoms. The Labute approximate surface area is 467 Å². The van der Waals surface area contributed by atoms with Crippen LogP contribution in [-0.2, 0) is 53.1 Å². The van der Waals surface area contributed by atoms with E-state index in [2.05, 4.69) is 81.8 Å². The molecule has 79 heavy (non-hydrogen) atoms. The smallest absolute Gasteiger partial charge is 0.335 e. The molecule has 2 aliphatic heterocycles. The number of aliphatic carboxylic acids is 2. The zero-order valence-corrected chi connectivity index (χ0v) is 49.9. The standard InChI is InChI=1S/C22H33NO9.C22H35NO7.C15H25NO/c1-21(2,3)23-18(27)12-9-11(10-30-22(4,5)6)7-8-13(12)31-20-16(26)14(24)15(25)17(32-20)19(28)29;1-12-16(24)18(19(26)27)30-20(17(12)25)29-15-9-8-13(11-28-22(5,6)7)10-14(15)23-21(2,3)4;1-14(2,3)16-13-9-7-12(8-10-13)11-17-15(4,5)6/h7-9,14-17,20,24-26H,10H2,1-6H3,(H,23,27)(H,28,29);8-10,12,16-18,20,23-25H,11H2,1-7H3,(H,26,27);7-10,16H,11H2,1-6H3/t14-,15-,16+,17-,20+;12-,16-,17+,18-,20+;/m00./s1. The third-order valence-electron chi connectivity index (χ3n) is 11.3. The third-order valence-corrected chi connectivity index (χ3v) is 11.3. The lowest BCUT2D eigenvalue weighted by Crippen LogP contribution is -2.61. The summed E-state index contributed by atoms with van der Waals surface area (Å²) in [4.78, 5) is 35.7. The van der Waals surface area contributed by atoms with Gasteiger partial charge in [-0.05, 0) is 178 Å². The average molecular weight is 1120 g/mol. The lowest BCUT2D eigenvalue weighted by Gasteiger charge is -2.39. The number of rotatable bonds is 15. The van der Waals surface area contributed by atoms with Gasteiger partial charge in [-0.15, -0.1) is 0 Å². The van der Waals surface area contributed by atoms with Crippen molar-refractivity contribution >= 4 is 29.2 Å². The number of carboxylic acid groups (broad SMARTS) is 2. The minimum atomic E-state index is -1.84. The van der Waals surface area contributed by atoms with E-state index in [1.807, 2.05) is 74.4 Å². The van der Waals surface area contributed by atoms with Crippen LogP contribution in [0.3, 0.4) is 0 Å². The number of carbonyl (C=O) groups excluding carboxylic acids is 1. The summed E-state index contributed by atoms with van der Waals surface area (Å²) in [5, 5.41) is 78.8. The van der Waals surface area contributed by atoms with E-state index >= 15 is 0 Å². The minimum Gasteiger partial charge on any atom is -0.479 e. The second-order valence-corrected chi connectivity index (χ2v) is 26.1. The first-order valence-electron chi connectivity index (χ1n) is 26.6. The van der Waals surface area contributed by atoms with Gasteiger partial charge >= 0.3 is 11.9 Å². The molecular formula is C59H93N3O17. The SMILES string of the molecule is CC(C)(C)NC(=O)c1cc(COC(C)(C)C)ccc1O[C@@H]1O[C@H](C(=O)O)[C@@H](O)[C@H](O)[C@H]1O.CC(C)(C)Nc1ccc(COC(C)(C)C)cc1.C[C@@H]1[C@@H](O)[C@H](Oc2ccc(COC(C)(C)C)cc2NC(C)(C)C)O[C@H](C(=O)O)[C@H]1O. The van der Waals surface area contributed by atoms with Crippen molar-refractivity contribution in [3.8, 4) is 11.5 Å². The molecule has 0 radical (unpaired) electrons. The summed E-state index contributed by atoms with van der Waals surface area (Å²) >= 11 is 0. The van der Waals surface area contributed by atoms with Gasteiger partial charge < -0.3 is 84.9 Å². The molecule has 0 bridgehead atoms. The first-order chi connectivity index (χ1) is 35.9. The molecule has 2 heterocycles. The van der Waals surface area contributed by atoms with E-state index in [-0.39, 0.29) is 40.2 Å². The number of carboxylic acids is 2. The average Bonchev–Trinajstić information content (AvgIpc) is 3.29. The number of hydrogen-bond donors (Lipinski definition) is 10. The molecule has 3 aromatic rings. The van der Waals surface area contributed by atoms with Gasteiger partial charge in [0.05, 0.1) is 54.0 Å². The van der Waals surface area contributed by atoms with Crippen LogP contribution in [0.1, 0.15) is 159 Å². The molecule has 0 unspecified atom stereocenters. The van der Waals surface area contributed by atoms with E-state index in [4.69, 9.17) is 33.2 Å². The Balaban J connectivity index is 0.000000326. The molecule has 2 aliphatic rings. The van der Waals surface area contributed by atoms with Crippen molar-refractivity contribution < 1.29 is 83.3 Å². The predicted molar refractivity (Wildman–Crippen MR) is 300 cm³/mol. The van der Waals surface area contributed by atoms with Crippen LogP contribution in [0.4, 0.5) is 11.4 Å². The fraction of sp³-hybridized carbons (Fsp3) is 0.644. The van der Waals surface area contributed by atoms with Crippen molar-refractivity contribution in [3.63, 3.8) is 0 Å². The zero-order valence-electron chi connectivity index (χ0n) is 49.9. The number of nitrogens with one attached hydrogen (secondary N) is 3. The van der Waals surface area contributed by atoms with Crippen LogP contribution in [0.15, 0.2) is 60.7 Å². The maximum atomic E-state index is 12.9. The quantitative estimate of drug-likeness (QED) is 0.0695. The maximum Gasteiger partial charge on any atom is 0.335 e. The van der Waals surface area contributed by atoms with Gasteiger partial charge in [0, 0.05) is 28.2 Å². The largest absolute Gasteiger partial charge is 0.479 e. The molecule has 0 saturated carbocycles. The van der Waals surface area contributed by atoms with Gasteiger partial charge in [-0.25, -0.2) is 9.59 Å². The Morgan fingerprint density at radius 1 is 0.481 bits per heavy atom. The number of aliphatic hydroxyl groups is 5. The molecule has 20 nitrogen and oxygen atoms in total. The number of carbonyl (C=O) groups is 3. The van der Waals surface area contributed by atoms with Crippen molar-refractivity contribution in [2.45, 2.75) is 240 Å². The fourth-order valence-electron chi connectivity index (χ4n) is 7.38. The second kappa shape index (κ2) is 27.6. The topological polar surface area (TPSA) is 294 Å². The molecule has 2 fully saturated rings. The van der Waals surface area contributed by atoms with Crippen molar-refractivity contribution in [2.24, 2.45) is 5.92 Å².